The van der Waals surface area contributed by atoms with E-state index in [0.717, 1.165) is 0 Å². The van der Waals surface area contributed by atoms with Crippen molar-refractivity contribution in [2.45, 2.75) is 12.8 Å². The number of ether oxygens (including phenoxy) is 1. The second-order valence-corrected chi connectivity index (χ2v) is 2.00. The van der Waals surface area contributed by atoms with E-state index in [9.17, 15) is 14.4 Å². The van der Waals surface area contributed by atoms with Gasteiger partial charge in [-0.05, 0) is 0 Å². The van der Waals surface area contributed by atoms with Crippen LogP contribution in [0.1, 0.15) is 12.8 Å². The Hall–Kier alpha value is -1.39. The molecule has 0 aromatic heterocycles. The van der Waals surface area contributed by atoms with Gasteiger partial charge in [-0.15, -0.1) is 0 Å². The Kier molecular flexibility index (Phi) is 5.60. The van der Waals surface area contributed by atoms with Gasteiger partial charge in [0.1, 0.15) is 0 Å². The molecule has 5 nitrogen and oxygen atoms in total. The van der Waals surface area contributed by atoms with Gasteiger partial charge in [-0.2, -0.15) is 0 Å². The number of carbonyl (C=O) groups is 2. The molecule has 1 amide bonds. The quantitative estimate of drug-likeness (QED) is 0.549. The average molecular weight is 172 g/mol. The first kappa shape index (κ1) is 10.6. The lowest BCUT2D eigenvalue weighted by Gasteiger charge is -1.99. The Morgan fingerprint density at radius 2 is 2.08 bits per heavy atom. The SMILES string of the molecule is COC(=O)CCC(=O)NC[C]=O. The van der Waals surface area contributed by atoms with Crippen LogP contribution in [0.2, 0.25) is 0 Å². The first-order valence-corrected chi connectivity index (χ1v) is 3.39. The van der Waals surface area contributed by atoms with Crippen molar-refractivity contribution in [1.29, 1.82) is 0 Å². The van der Waals surface area contributed by atoms with Crippen molar-refractivity contribution in [2.24, 2.45) is 0 Å². The van der Waals surface area contributed by atoms with Crippen LogP contribution in [0.5, 0.6) is 0 Å². The summed E-state index contributed by atoms with van der Waals surface area (Å²) in [5.74, 6) is -0.802. The number of hydrogen-bond acceptors (Lipinski definition) is 4. The lowest BCUT2D eigenvalue weighted by Crippen LogP contribution is -2.25. The van der Waals surface area contributed by atoms with Crippen LogP contribution in [-0.2, 0) is 19.1 Å². The van der Waals surface area contributed by atoms with Crippen molar-refractivity contribution in [2.75, 3.05) is 13.7 Å². The standard InChI is InChI=1S/C7H10NO4/c1-12-7(11)3-2-6(10)8-4-5-9/h2-4H2,1H3,(H,8,10). The molecule has 0 saturated carbocycles. The van der Waals surface area contributed by atoms with E-state index in [2.05, 4.69) is 10.1 Å². The highest BCUT2D eigenvalue weighted by molar-refractivity contribution is 5.82. The minimum Gasteiger partial charge on any atom is -0.469 e. The van der Waals surface area contributed by atoms with Crippen LogP contribution < -0.4 is 5.32 Å². The summed E-state index contributed by atoms with van der Waals surface area (Å²) < 4.78 is 4.31. The molecule has 0 atom stereocenters. The fourth-order valence-corrected chi connectivity index (χ4v) is 0.541. The second-order valence-electron chi connectivity index (χ2n) is 2.00. The Labute approximate surface area is 70.1 Å². The molecule has 0 fully saturated rings. The van der Waals surface area contributed by atoms with Crippen LogP contribution in [0.3, 0.4) is 0 Å². The van der Waals surface area contributed by atoms with Gasteiger partial charge in [0, 0.05) is 6.42 Å². The van der Waals surface area contributed by atoms with Crippen molar-refractivity contribution < 1.29 is 19.1 Å². The van der Waals surface area contributed by atoms with E-state index in [0.29, 0.717) is 0 Å². The number of nitrogens with one attached hydrogen (secondary N) is 1. The van der Waals surface area contributed by atoms with E-state index < -0.39 is 5.97 Å². The Balaban J connectivity index is 3.43. The molecular formula is C7H10NO4. The zero-order valence-electron chi connectivity index (χ0n) is 6.75. The third-order valence-corrected chi connectivity index (χ3v) is 1.14. The van der Waals surface area contributed by atoms with Gasteiger partial charge in [0.15, 0.2) is 0 Å². The predicted molar refractivity (Wildman–Crippen MR) is 40.0 cm³/mol. The van der Waals surface area contributed by atoms with Gasteiger partial charge >= 0.3 is 5.97 Å². The maximum absolute atomic E-state index is 10.7. The predicted octanol–water partition coefficient (Wildman–Crippen LogP) is -0.835. The number of carbonyl (C=O) groups excluding carboxylic acids is 3. The van der Waals surface area contributed by atoms with Gasteiger partial charge in [0.2, 0.25) is 12.2 Å². The summed E-state index contributed by atoms with van der Waals surface area (Å²) in [5.41, 5.74) is 0. The number of esters is 1. The van der Waals surface area contributed by atoms with E-state index in [4.69, 9.17) is 0 Å². The Morgan fingerprint density at radius 1 is 1.42 bits per heavy atom. The van der Waals surface area contributed by atoms with Gasteiger partial charge in [-0.25, -0.2) is 0 Å². The first-order chi connectivity index (χ1) is 5.70. The van der Waals surface area contributed by atoms with E-state index in [-0.39, 0.29) is 25.3 Å². The van der Waals surface area contributed by atoms with Crippen molar-refractivity contribution in [3.05, 3.63) is 0 Å². The van der Waals surface area contributed by atoms with Crippen molar-refractivity contribution in [3.8, 4) is 0 Å². The maximum atomic E-state index is 10.7. The van der Waals surface area contributed by atoms with Crippen LogP contribution >= 0.6 is 0 Å². The van der Waals surface area contributed by atoms with Crippen LogP contribution in [-0.4, -0.2) is 31.8 Å². The molecule has 0 aliphatic rings. The molecule has 0 aromatic carbocycles. The highest BCUT2D eigenvalue weighted by Crippen LogP contribution is 1.90. The zero-order chi connectivity index (χ0) is 9.40. The monoisotopic (exact) mass is 172 g/mol. The molecule has 0 unspecified atom stereocenters. The topological polar surface area (TPSA) is 72.5 Å². The van der Waals surface area contributed by atoms with Gasteiger partial charge in [-0.1, -0.05) is 0 Å². The number of rotatable bonds is 5. The molecule has 5 heteroatoms. The number of methoxy groups -OCH3 is 1. The van der Waals surface area contributed by atoms with Crippen LogP contribution in [0.4, 0.5) is 0 Å². The van der Waals surface area contributed by atoms with Crippen LogP contribution in [0.25, 0.3) is 0 Å². The molecule has 12 heavy (non-hydrogen) atoms. The number of amides is 1. The summed E-state index contributed by atoms with van der Waals surface area (Å²) >= 11 is 0. The summed E-state index contributed by atoms with van der Waals surface area (Å²) in [6, 6.07) is 0. The minimum atomic E-state index is -0.444. The zero-order valence-corrected chi connectivity index (χ0v) is 6.75. The molecule has 0 aliphatic heterocycles. The summed E-state index contributed by atoms with van der Waals surface area (Å²) in [6.45, 7) is -0.139. The van der Waals surface area contributed by atoms with E-state index in [1.807, 2.05) is 0 Å². The molecule has 0 aromatic rings. The van der Waals surface area contributed by atoms with E-state index in [1.165, 1.54) is 13.4 Å². The van der Waals surface area contributed by atoms with Crippen LogP contribution in [0, 0.1) is 0 Å². The smallest absolute Gasteiger partial charge is 0.306 e. The highest BCUT2D eigenvalue weighted by atomic mass is 16.5. The Bertz CT molecular complexity index is 178. The molecule has 67 valence electrons. The third-order valence-electron chi connectivity index (χ3n) is 1.14. The third kappa shape index (κ3) is 5.40. The van der Waals surface area contributed by atoms with Crippen LogP contribution in [0.15, 0.2) is 0 Å². The molecule has 0 spiro atoms. The summed E-state index contributed by atoms with van der Waals surface area (Å²) in [5, 5.41) is 2.24. The van der Waals surface area contributed by atoms with Gasteiger partial charge < -0.3 is 10.1 Å². The van der Waals surface area contributed by atoms with Gasteiger partial charge in [0.25, 0.3) is 0 Å². The molecule has 0 rings (SSSR count). The summed E-state index contributed by atoms with van der Waals surface area (Å²) in [4.78, 5) is 30.9. The highest BCUT2D eigenvalue weighted by Gasteiger charge is 2.05. The van der Waals surface area contributed by atoms with Crippen molar-refractivity contribution in [1.82, 2.24) is 5.32 Å². The normalized spacial score (nSPS) is 8.75. The molecule has 0 aliphatic carbocycles. The molecule has 0 saturated heterocycles. The molecule has 1 radical (unpaired) electrons. The minimum absolute atomic E-state index is 0.0290. The Morgan fingerprint density at radius 3 is 2.58 bits per heavy atom. The first-order valence-electron chi connectivity index (χ1n) is 3.39. The van der Waals surface area contributed by atoms with Crippen molar-refractivity contribution >= 4 is 18.2 Å². The lowest BCUT2D eigenvalue weighted by atomic mass is 10.3. The molecule has 0 heterocycles. The molecular weight excluding hydrogens is 162 g/mol. The summed E-state index contributed by atoms with van der Waals surface area (Å²) in [6.07, 6.45) is 1.57. The van der Waals surface area contributed by atoms with E-state index >= 15 is 0 Å². The van der Waals surface area contributed by atoms with Crippen molar-refractivity contribution in [3.63, 3.8) is 0 Å². The van der Waals surface area contributed by atoms with Gasteiger partial charge in [-0.3, -0.25) is 14.4 Å². The fourth-order valence-electron chi connectivity index (χ4n) is 0.541. The average Bonchev–Trinajstić information content (AvgIpc) is 2.10. The van der Waals surface area contributed by atoms with E-state index in [1.54, 1.807) is 0 Å². The molecule has 1 N–H and O–H groups in total. The lowest BCUT2D eigenvalue weighted by molar-refractivity contribution is -0.142. The summed E-state index contributed by atoms with van der Waals surface area (Å²) in [7, 11) is 1.25. The number of hydrogen-bond donors (Lipinski definition) is 1. The maximum Gasteiger partial charge on any atom is 0.306 e. The fraction of sp³-hybridized carbons (Fsp3) is 0.571. The largest absolute Gasteiger partial charge is 0.469 e. The molecule has 0 bridgehead atoms. The second kappa shape index (κ2) is 6.33. The van der Waals surface area contributed by atoms with Gasteiger partial charge in [0.05, 0.1) is 20.1 Å².